The molecule has 0 aliphatic heterocycles. The first kappa shape index (κ1) is 15.6. The summed E-state index contributed by atoms with van der Waals surface area (Å²) in [5, 5.41) is 0. The van der Waals surface area contributed by atoms with E-state index in [2.05, 4.69) is 4.74 Å². The fourth-order valence-corrected chi connectivity index (χ4v) is 2.28. The Labute approximate surface area is 118 Å². The van der Waals surface area contributed by atoms with Crippen molar-refractivity contribution in [3.8, 4) is 0 Å². The highest BCUT2D eigenvalue weighted by Gasteiger charge is 2.15. The van der Waals surface area contributed by atoms with E-state index >= 15 is 0 Å². The minimum absolute atomic E-state index is 0.0187. The standard InChI is InChI=1S/C14H19NO3S/c1-15(10-6-9-13(16)18-2)14(17)11-7-4-5-8-12(11)19-3/h4-5,7-8H,6,9-10H2,1-3H3. The second-order valence-corrected chi connectivity index (χ2v) is 4.95. The van der Waals surface area contributed by atoms with Crippen LogP contribution in [0.1, 0.15) is 23.2 Å². The molecule has 0 bridgehead atoms. The fraction of sp³-hybridized carbons (Fsp3) is 0.429. The van der Waals surface area contributed by atoms with E-state index in [-0.39, 0.29) is 11.9 Å². The summed E-state index contributed by atoms with van der Waals surface area (Å²) >= 11 is 1.55. The van der Waals surface area contributed by atoms with Gasteiger partial charge in [-0.1, -0.05) is 12.1 Å². The highest BCUT2D eigenvalue weighted by atomic mass is 32.2. The first-order chi connectivity index (χ1) is 9.10. The minimum Gasteiger partial charge on any atom is -0.469 e. The minimum atomic E-state index is -0.245. The van der Waals surface area contributed by atoms with Crippen molar-refractivity contribution >= 4 is 23.6 Å². The normalized spacial score (nSPS) is 10.1. The maximum absolute atomic E-state index is 12.3. The Hall–Kier alpha value is -1.49. The van der Waals surface area contributed by atoms with Crippen molar-refractivity contribution in [2.45, 2.75) is 17.7 Å². The highest BCUT2D eigenvalue weighted by Crippen LogP contribution is 2.21. The van der Waals surface area contributed by atoms with Crippen LogP contribution < -0.4 is 0 Å². The van der Waals surface area contributed by atoms with Crippen molar-refractivity contribution in [2.24, 2.45) is 0 Å². The number of benzene rings is 1. The van der Waals surface area contributed by atoms with Crippen LogP contribution in [0.2, 0.25) is 0 Å². The molecule has 1 amide bonds. The van der Waals surface area contributed by atoms with Crippen LogP contribution in [0.3, 0.4) is 0 Å². The van der Waals surface area contributed by atoms with Gasteiger partial charge >= 0.3 is 5.97 Å². The van der Waals surface area contributed by atoms with Gasteiger partial charge in [-0.15, -0.1) is 11.8 Å². The molecule has 104 valence electrons. The van der Waals surface area contributed by atoms with E-state index < -0.39 is 0 Å². The molecule has 0 radical (unpaired) electrons. The molecule has 0 saturated heterocycles. The molecule has 4 nitrogen and oxygen atoms in total. The van der Waals surface area contributed by atoms with Crippen molar-refractivity contribution in [1.29, 1.82) is 0 Å². The van der Waals surface area contributed by atoms with Crippen molar-refractivity contribution in [2.75, 3.05) is 27.0 Å². The molecule has 0 aromatic heterocycles. The van der Waals surface area contributed by atoms with Crippen molar-refractivity contribution < 1.29 is 14.3 Å². The van der Waals surface area contributed by atoms with Crippen LogP contribution in [-0.2, 0) is 9.53 Å². The van der Waals surface area contributed by atoms with Crippen LogP contribution in [-0.4, -0.2) is 43.7 Å². The van der Waals surface area contributed by atoms with Gasteiger partial charge in [-0.3, -0.25) is 9.59 Å². The van der Waals surface area contributed by atoms with Gasteiger partial charge in [0.25, 0.3) is 5.91 Å². The summed E-state index contributed by atoms with van der Waals surface area (Å²) in [6, 6.07) is 7.53. The third-order valence-electron chi connectivity index (χ3n) is 2.79. The van der Waals surface area contributed by atoms with E-state index in [0.717, 1.165) is 4.90 Å². The molecule has 0 spiro atoms. The number of carbonyl (C=O) groups is 2. The molecule has 0 unspecified atom stereocenters. The number of esters is 1. The van der Waals surface area contributed by atoms with Crippen LogP contribution >= 0.6 is 11.8 Å². The number of thioether (sulfide) groups is 1. The van der Waals surface area contributed by atoms with E-state index in [9.17, 15) is 9.59 Å². The Bertz CT molecular complexity index is 448. The third kappa shape index (κ3) is 4.59. The zero-order valence-electron chi connectivity index (χ0n) is 11.5. The van der Waals surface area contributed by atoms with Crippen LogP contribution in [0.4, 0.5) is 0 Å². The lowest BCUT2D eigenvalue weighted by Crippen LogP contribution is -2.28. The van der Waals surface area contributed by atoms with Gasteiger partial charge in [-0.25, -0.2) is 0 Å². The molecule has 0 heterocycles. The van der Waals surface area contributed by atoms with Crippen molar-refractivity contribution in [3.63, 3.8) is 0 Å². The van der Waals surface area contributed by atoms with Gasteiger partial charge in [-0.2, -0.15) is 0 Å². The lowest BCUT2D eigenvalue weighted by Gasteiger charge is -2.18. The molecule has 0 aliphatic rings. The first-order valence-corrected chi connectivity index (χ1v) is 7.28. The molecule has 0 N–H and O–H groups in total. The van der Waals surface area contributed by atoms with E-state index in [1.54, 1.807) is 23.7 Å². The number of hydrogen-bond acceptors (Lipinski definition) is 4. The Morgan fingerprint density at radius 2 is 2.00 bits per heavy atom. The molecule has 0 aliphatic carbocycles. The van der Waals surface area contributed by atoms with Crippen LogP contribution in [0.25, 0.3) is 0 Å². The van der Waals surface area contributed by atoms with Crippen molar-refractivity contribution in [3.05, 3.63) is 29.8 Å². The predicted octanol–water partition coefficient (Wildman–Crippen LogP) is 2.43. The molecule has 0 atom stereocenters. The maximum Gasteiger partial charge on any atom is 0.305 e. The average molecular weight is 281 g/mol. The number of hydrogen-bond donors (Lipinski definition) is 0. The van der Waals surface area contributed by atoms with E-state index in [4.69, 9.17) is 0 Å². The summed E-state index contributed by atoms with van der Waals surface area (Å²) in [6.07, 6.45) is 2.89. The molecule has 0 fully saturated rings. The SMILES string of the molecule is COC(=O)CCCN(C)C(=O)c1ccccc1SC. The molecular formula is C14H19NO3S. The second-order valence-electron chi connectivity index (χ2n) is 4.11. The quantitative estimate of drug-likeness (QED) is 0.593. The Kier molecular flexibility index (Phi) is 6.42. The number of rotatable bonds is 6. The smallest absolute Gasteiger partial charge is 0.305 e. The van der Waals surface area contributed by atoms with Gasteiger partial charge in [-0.05, 0) is 24.8 Å². The highest BCUT2D eigenvalue weighted by molar-refractivity contribution is 7.98. The summed E-state index contributed by atoms with van der Waals surface area (Å²) in [6.45, 7) is 0.538. The van der Waals surface area contributed by atoms with Gasteiger partial charge in [0.1, 0.15) is 0 Å². The number of nitrogens with zero attached hydrogens (tertiary/aromatic N) is 1. The molecule has 5 heteroatoms. The monoisotopic (exact) mass is 281 g/mol. The molecule has 1 aromatic carbocycles. The zero-order valence-corrected chi connectivity index (χ0v) is 12.3. The molecule has 1 rings (SSSR count). The molecule has 1 aromatic rings. The van der Waals surface area contributed by atoms with Crippen LogP contribution in [0.15, 0.2) is 29.2 Å². The Morgan fingerprint density at radius 1 is 1.32 bits per heavy atom. The van der Waals surface area contributed by atoms with E-state index in [1.807, 2.05) is 30.5 Å². The van der Waals surface area contributed by atoms with Crippen LogP contribution in [0.5, 0.6) is 0 Å². The number of amides is 1. The predicted molar refractivity (Wildman–Crippen MR) is 76.4 cm³/mol. The van der Waals surface area contributed by atoms with Crippen molar-refractivity contribution in [1.82, 2.24) is 4.90 Å². The first-order valence-electron chi connectivity index (χ1n) is 6.05. The zero-order chi connectivity index (χ0) is 14.3. The lowest BCUT2D eigenvalue weighted by molar-refractivity contribution is -0.140. The number of methoxy groups -OCH3 is 1. The maximum atomic E-state index is 12.3. The summed E-state index contributed by atoms with van der Waals surface area (Å²) < 4.78 is 4.57. The topological polar surface area (TPSA) is 46.6 Å². The molecule has 0 saturated carbocycles. The average Bonchev–Trinajstić information content (AvgIpc) is 2.45. The third-order valence-corrected chi connectivity index (χ3v) is 3.58. The Morgan fingerprint density at radius 3 is 2.63 bits per heavy atom. The van der Waals surface area contributed by atoms with Gasteiger partial charge in [0, 0.05) is 24.9 Å². The number of carbonyl (C=O) groups excluding carboxylic acids is 2. The summed E-state index contributed by atoms with van der Waals surface area (Å²) in [5.41, 5.74) is 0.704. The van der Waals surface area contributed by atoms with Gasteiger partial charge in [0.05, 0.1) is 12.7 Å². The van der Waals surface area contributed by atoms with E-state index in [0.29, 0.717) is 24.9 Å². The number of ether oxygens (including phenoxy) is 1. The summed E-state index contributed by atoms with van der Waals surface area (Å²) in [7, 11) is 3.11. The van der Waals surface area contributed by atoms with Gasteiger partial charge in [0.2, 0.25) is 0 Å². The molecule has 19 heavy (non-hydrogen) atoms. The summed E-state index contributed by atoms with van der Waals surface area (Å²) in [4.78, 5) is 25.9. The second kappa shape index (κ2) is 7.84. The fourth-order valence-electron chi connectivity index (χ4n) is 1.69. The van der Waals surface area contributed by atoms with Crippen LogP contribution in [0, 0.1) is 0 Å². The molecular weight excluding hydrogens is 262 g/mol. The van der Waals surface area contributed by atoms with E-state index in [1.165, 1.54) is 7.11 Å². The Balaban J connectivity index is 2.59. The largest absolute Gasteiger partial charge is 0.469 e. The van der Waals surface area contributed by atoms with Gasteiger partial charge in [0.15, 0.2) is 0 Å². The lowest BCUT2D eigenvalue weighted by atomic mass is 10.2. The van der Waals surface area contributed by atoms with Gasteiger partial charge < -0.3 is 9.64 Å². The summed E-state index contributed by atoms with van der Waals surface area (Å²) in [5.74, 6) is -0.264.